The molecular weight excluding hydrogens is 584 g/mol. The second-order valence-corrected chi connectivity index (χ2v) is 9.40. The minimum Gasteiger partial charge on any atom is -0.493 e. The predicted octanol–water partition coefficient (Wildman–Crippen LogP) is 5.63. The van der Waals surface area contributed by atoms with E-state index in [0.717, 1.165) is 10.0 Å². The summed E-state index contributed by atoms with van der Waals surface area (Å²) in [5.74, 6) is -0.102. The molecule has 1 fully saturated rings. The number of rotatable bonds is 6. The van der Waals surface area contributed by atoms with E-state index in [2.05, 4.69) is 37.2 Å². The smallest absolute Gasteiger partial charge is 0.270 e. The van der Waals surface area contributed by atoms with Crippen LogP contribution in [0.25, 0.3) is 6.08 Å². The summed E-state index contributed by atoms with van der Waals surface area (Å²) in [5.41, 5.74) is 2.10. The topological polar surface area (TPSA) is 67.9 Å². The van der Waals surface area contributed by atoms with Crippen molar-refractivity contribution in [1.82, 2.24) is 5.32 Å². The normalized spacial score (nSPS) is 14.9. The summed E-state index contributed by atoms with van der Waals surface area (Å²) >= 11 is 12.2. The number of benzene rings is 3. The lowest BCUT2D eigenvalue weighted by Gasteiger charge is -2.28. The van der Waals surface area contributed by atoms with Crippen LogP contribution in [0.3, 0.4) is 0 Å². The van der Waals surface area contributed by atoms with Gasteiger partial charge >= 0.3 is 0 Å². The van der Waals surface area contributed by atoms with E-state index in [1.54, 1.807) is 36.4 Å². The highest BCUT2D eigenvalue weighted by Gasteiger charge is 2.34. The van der Waals surface area contributed by atoms with E-state index >= 15 is 0 Å². The maximum atomic E-state index is 13.2. The number of nitrogens with zero attached hydrogens (tertiary/aromatic N) is 1. The van der Waals surface area contributed by atoms with Crippen LogP contribution in [0, 0.1) is 0 Å². The summed E-state index contributed by atoms with van der Waals surface area (Å²) < 4.78 is 13.1. The first-order chi connectivity index (χ1) is 16.4. The first-order valence-electron chi connectivity index (χ1n) is 10.1. The third-order valence-corrected chi connectivity index (χ3v) is 6.38. The number of carbonyl (C=O) groups excluding carboxylic acids is 2. The van der Waals surface area contributed by atoms with E-state index in [1.807, 2.05) is 30.3 Å². The number of hydrogen-bond acceptors (Lipinski definition) is 5. The Hall–Kier alpha value is -3.01. The first-order valence-corrected chi connectivity index (χ1v) is 12.1. The van der Waals surface area contributed by atoms with Crippen LogP contribution in [-0.2, 0) is 16.2 Å². The number of carbonyl (C=O) groups is 2. The number of anilines is 1. The van der Waals surface area contributed by atoms with Crippen LogP contribution in [0.4, 0.5) is 5.69 Å². The maximum absolute atomic E-state index is 13.2. The Bertz CT molecular complexity index is 1290. The second kappa shape index (κ2) is 10.5. The van der Waals surface area contributed by atoms with E-state index in [9.17, 15) is 9.59 Å². The Kier molecular flexibility index (Phi) is 7.45. The largest absolute Gasteiger partial charge is 0.493 e. The van der Waals surface area contributed by atoms with Gasteiger partial charge in [0.25, 0.3) is 11.8 Å². The number of ether oxygens (including phenoxy) is 2. The molecule has 0 radical (unpaired) electrons. The SMILES string of the molecule is COc1cc(/C=C2/C(=O)NC(=S)N(c3ccccc3)C2=O)cc(Br)c1OCc1ccc(Br)cc1. The average Bonchev–Trinajstić information content (AvgIpc) is 2.82. The molecule has 0 bridgehead atoms. The van der Waals surface area contributed by atoms with Gasteiger partial charge in [-0.1, -0.05) is 46.3 Å². The molecule has 2 amide bonds. The van der Waals surface area contributed by atoms with E-state index in [0.29, 0.717) is 33.8 Å². The molecule has 172 valence electrons. The quantitative estimate of drug-likeness (QED) is 0.225. The van der Waals surface area contributed by atoms with Crippen molar-refractivity contribution in [2.45, 2.75) is 6.61 Å². The molecule has 1 aliphatic heterocycles. The highest BCUT2D eigenvalue weighted by Crippen LogP contribution is 2.38. The summed E-state index contributed by atoms with van der Waals surface area (Å²) in [5, 5.41) is 2.62. The molecule has 4 rings (SSSR count). The van der Waals surface area contributed by atoms with Gasteiger partial charge < -0.3 is 9.47 Å². The standard InChI is InChI=1S/C25H18Br2N2O4S/c1-32-21-13-16(12-20(27)22(21)33-14-15-7-9-17(26)10-8-15)11-19-23(30)28-25(34)29(24(19)31)18-5-3-2-4-6-18/h2-13H,14H2,1H3,(H,28,30,34)/b19-11-. The van der Waals surface area contributed by atoms with E-state index < -0.39 is 11.8 Å². The third kappa shape index (κ3) is 5.22. The Labute approximate surface area is 218 Å². The first kappa shape index (κ1) is 24.1. The molecule has 3 aromatic rings. The highest BCUT2D eigenvalue weighted by molar-refractivity contribution is 9.10. The Morgan fingerprint density at radius 1 is 1.03 bits per heavy atom. The van der Waals surface area contributed by atoms with E-state index in [-0.39, 0.29) is 10.7 Å². The van der Waals surface area contributed by atoms with Crippen LogP contribution in [0.5, 0.6) is 11.5 Å². The average molecular weight is 602 g/mol. The van der Waals surface area contributed by atoms with Crippen molar-refractivity contribution in [3.05, 3.63) is 92.4 Å². The number of para-hydroxylation sites is 1. The number of hydrogen-bond donors (Lipinski definition) is 1. The van der Waals surface area contributed by atoms with Crippen molar-refractivity contribution in [1.29, 1.82) is 0 Å². The van der Waals surface area contributed by atoms with Crippen LogP contribution in [0.15, 0.2) is 81.2 Å². The lowest BCUT2D eigenvalue weighted by molar-refractivity contribution is -0.122. The minimum absolute atomic E-state index is 0.0359. The summed E-state index contributed by atoms with van der Waals surface area (Å²) in [6, 6.07) is 20.2. The molecule has 1 heterocycles. The fraction of sp³-hybridized carbons (Fsp3) is 0.0800. The van der Waals surface area contributed by atoms with Crippen LogP contribution >= 0.6 is 44.1 Å². The Morgan fingerprint density at radius 3 is 2.41 bits per heavy atom. The summed E-state index contributed by atoms with van der Waals surface area (Å²) in [4.78, 5) is 27.1. The van der Waals surface area contributed by atoms with Crippen molar-refractivity contribution in [2.75, 3.05) is 12.0 Å². The van der Waals surface area contributed by atoms with Crippen molar-refractivity contribution < 1.29 is 19.1 Å². The molecule has 0 unspecified atom stereocenters. The van der Waals surface area contributed by atoms with Gasteiger partial charge in [0.1, 0.15) is 12.2 Å². The molecule has 1 saturated heterocycles. The zero-order valence-electron chi connectivity index (χ0n) is 17.9. The molecule has 3 aromatic carbocycles. The molecule has 34 heavy (non-hydrogen) atoms. The lowest BCUT2D eigenvalue weighted by Crippen LogP contribution is -2.54. The van der Waals surface area contributed by atoms with Gasteiger partial charge in [-0.3, -0.25) is 19.8 Å². The van der Waals surface area contributed by atoms with Gasteiger partial charge in [-0.2, -0.15) is 0 Å². The van der Waals surface area contributed by atoms with Crippen LogP contribution in [0.1, 0.15) is 11.1 Å². The molecular formula is C25H18Br2N2O4S. The van der Waals surface area contributed by atoms with Gasteiger partial charge in [0.2, 0.25) is 0 Å². The number of nitrogens with one attached hydrogen (secondary N) is 1. The lowest BCUT2D eigenvalue weighted by atomic mass is 10.1. The van der Waals surface area contributed by atoms with E-state index in [4.69, 9.17) is 21.7 Å². The molecule has 9 heteroatoms. The molecule has 6 nitrogen and oxygen atoms in total. The van der Waals surface area contributed by atoms with Gasteiger partial charge in [-0.05, 0) is 81.7 Å². The molecule has 0 atom stereocenters. The Balaban J connectivity index is 1.63. The molecule has 1 aliphatic rings. The maximum Gasteiger partial charge on any atom is 0.270 e. The van der Waals surface area contributed by atoms with E-state index in [1.165, 1.54) is 18.1 Å². The number of halogens is 2. The van der Waals surface area contributed by atoms with Gasteiger partial charge in [0.05, 0.1) is 17.3 Å². The second-order valence-electron chi connectivity index (χ2n) is 7.24. The molecule has 0 spiro atoms. The fourth-order valence-corrected chi connectivity index (χ4v) is 4.45. The summed E-state index contributed by atoms with van der Waals surface area (Å²) in [6.45, 7) is 0.340. The Morgan fingerprint density at radius 2 is 1.74 bits per heavy atom. The number of thiocarbonyl (C=S) groups is 1. The summed E-state index contributed by atoms with van der Waals surface area (Å²) in [7, 11) is 1.53. The molecule has 1 N–H and O–H groups in total. The molecule has 0 aromatic heterocycles. The van der Waals surface area contributed by atoms with Crippen molar-refractivity contribution >= 4 is 72.8 Å². The van der Waals surface area contributed by atoms with Crippen molar-refractivity contribution in [2.24, 2.45) is 0 Å². The molecule has 0 aliphatic carbocycles. The predicted molar refractivity (Wildman–Crippen MR) is 142 cm³/mol. The van der Waals surface area contributed by atoms with Crippen LogP contribution in [0.2, 0.25) is 0 Å². The minimum atomic E-state index is -0.562. The van der Waals surface area contributed by atoms with Crippen LogP contribution < -0.4 is 19.7 Å². The van der Waals surface area contributed by atoms with Gasteiger partial charge in [0.15, 0.2) is 16.6 Å². The summed E-state index contributed by atoms with van der Waals surface area (Å²) in [6.07, 6.45) is 1.50. The highest BCUT2D eigenvalue weighted by atomic mass is 79.9. The van der Waals surface area contributed by atoms with Crippen molar-refractivity contribution in [3.8, 4) is 11.5 Å². The number of amides is 2. The number of methoxy groups -OCH3 is 1. The fourth-order valence-electron chi connectivity index (χ4n) is 3.34. The molecule has 0 saturated carbocycles. The monoisotopic (exact) mass is 600 g/mol. The van der Waals surface area contributed by atoms with Gasteiger partial charge in [-0.25, -0.2) is 0 Å². The van der Waals surface area contributed by atoms with Crippen molar-refractivity contribution in [3.63, 3.8) is 0 Å². The van der Waals surface area contributed by atoms with Gasteiger partial charge in [0, 0.05) is 4.47 Å². The zero-order valence-corrected chi connectivity index (χ0v) is 21.9. The van der Waals surface area contributed by atoms with Crippen LogP contribution in [-0.4, -0.2) is 24.0 Å². The zero-order chi connectivity index (χ0) is 24.2. The third-order valence-electron chi connectivity index (χ3n) is 4.98. The van der Waals surface area contributed by atoms with Gasteiger partial charge in [-0.15, -0.1) is 0 Å².